The van der Waals surface area contributed by atoms with E-state index in [4.69, 9.17) is 4.74 Å². The fourth-order valence-electron chi connectivity index (χ4n) is 1.77. The van der Waals surface area contributed by atoms with Crippen LogP contribution in [0.5, 0.6) is 11.6 Å². The van der Waals surface area contributed by atoms with Gasteiger partial charge in [-0.05, 0) is 42.8 Å². The summed E-state index contributed by atoms with van der Waals surface area (Å²) in [5, 5.41) is 1.44. The monoisotopic (exact) mass is 352 g/mol. The molecule has 1 amide bonds. The van der Waals surface area contributed by atoms with Gasteiger partial charge in [-0.3, -0.25) is 4.79 Å². The van der Waals surface area contributed by atoms with Crippen LogP contribution in [0.15, 0.2) is 42.6 Å². The molecule has 0 unspecified atom stereocenters. The minimum Gasteiger partial charge on any atom is -0.439 e. The number of nitrogens with zero attached hydrogens (tertiary/aromatic N) is 1. The first-order valence-electron chi connectivity index (χ1n) is 7.10. The van der Waals surface area contributed by atoms with Crippen molar-refractivity contribution in [1.82, 2.24) is 10.3 Å². The van der Waals surface area contributed by atoms with E-state index in [-0.39, 0.29) is 18.2 Å². The number of benzene rings is 1. The van der Waals surface area contributed by atoms with E-state index in [1.54, 1.807) is 12.1 Å². The zero-order chi connectivity index (χ0) is 17.7. The minimum absolute atomic E-state index is 0.140. The number of hydrogen-bond donors (Lipinski definition) is 1. The Hall–Kier alpha value is -2.48. The van der Waals surface area contributed by atoms with Crippen molar-refractivity contribution in [1.29, 1.82) is 0 Å². The number of carbonyl (C=O) groups excluding carboxylic acids is 1. The van der Waals surface area contributed by atoms with E-state index in [0.717, 1.165) is 6.26 Å². The minimum atomic E-state index is -3.44. The molecule has 1 atom stereocenters. The van der Waals surface area contributed by atoms with Gasteiger partial charge >= 0.3 is 0 Å². The number of hydrogen-bond acceptors (Lipinski definition) is 5. The summed E-state index contributed by atoms with van der Waals surface area (Å²) in [7, 11) is -3.44. The van der Waals surface area contributed by atoms with Crippen molar-refractivity contribution in [2.45, 2.75) is 18.7 Å². The molecule has 0 fully saturated rings. The zero-order valence-corrected chi connectivity index (χ0v) is 14.0. The average Bonchev–Trinajstić information content (AvgIpc) is 2.53. The molecule has 0 saturated heterocycles. The van der Waals surface area contributed by atoms with Crippen molar-refractivity contribution in [2.75, 3.05) is 6.26 Å². The second-order valence-corrected chi connectivity index (χ2v) is 7.61. The third-order valence-electron chi connectivity index (χ3n) is 3.31. The molecule has 128 valence electrons. The largest absolute Gasteiger partial charge is 0.439 e. The first kappa shape index (κ1) is 17.9. The molecule has 0 aliphatic carbocycles. The van der Waals surface area contributed by atoms with Crippen LogP contribution in [-0.2, 0) is 21.2 Å². The van der Waals surface area contributed by atoms with Gasteiger partial charge in [-0.2, -0.15) is 0 Å². The highest BCUT2D eigenvalue weighted by Crippen LogP contribution is 2.20. The SMILES string of the molecule is C[C@@H](C(=O)NCc1ccnc(Oc2ccc(F)cc2)c1)S(C)(=O)=O. The number of rotatable bonds is 6. The van der Waals surface area contributed by atoms with Crippen molar-refractivity contribution in [3.8, 4) is 11.6 Å². The summed E-state index contributed by atoms with van der Waals surface area (Å²) in [6, 6.07) is 8.76. The zero-order valence-electron chi connectivity index (χ0n) is 13.2. The number of aromatic nitrogens is 1. The van der Waals surface area contributed by atoms with Crippen molar-refractivity contribution >= 4 is 15.7 Å². The summed E-state index contributed by atoms with van der Waals surface area (Å²) < 4.78 is 41.1. The number of pyridine rings is 1. The molecule has 1 aromatic carbocycles. The van der Waals surface area contributed by atoms with Crippen LogP contribution >= 0.6 is 0 Å². The smallest absolute Gasteiger partial charge is 0.238 e. The van der Waals surface area contributed by atoms with E-state index in [9.17, 15) is 17.6 Å². The Balaban J connectivity index is 2.00. The average molecular weight is 352 g/mol. The van der Waals surface area contributed by atoms with Gasteiger partial charge in [0.2, 0.25) is 11.8 Å². The lowest BCUT2D eigenvalue weighted by Crippen LogP contribution is -2.37. The van der Waals surface area contributed by atoms with Crippen molar-refractivity contribution in [3.05, 3.63) is 54.0 Å². The van der Waals surface area contributed by atoms with Crippen LogP contribution < -0.4 is 10.1 Å². The highest BCUT2D eigenvalue weighted by Gasteiger charge is 2.22. The standard InChI is InChI=1S/C16H17FN2O4S/c1-11(24(2,21)22)16(20)19-10-12-7-8-18-15(9-12)23-14-5-3-13(17)4-6-14/h3-9,11H,10H2,1-2H3,(H,19,20)/t11-/m0/s1. The molecule has 1 aromatic heterocycles. The van der Waals surface area contributed by atoms with Crippen LogP contribution in [-0.4, -0.2) is 30.8 Å². The molecule has 0 saturated carbocycles. The third kappa shape index (κ3) is 5.02. The van der Waals surface area contributed by atoms with E-state index >= 15 is 0 Å². The van der Waals surface area contributed by atoms with Gasteiger partial charge in [0.25, 0.3) is 0 Å². The molecule has 0 aliphatic rings. The highest BCUT2D eigenvalue weighted by molar-refractivity contribution is 7.92. The highest BCUT2D eigenvalue weighted by atomic mass is 32.2. The van der Waals surface area contributed by atoms with Crippen LogP contribution in [0.25, 0.3) is 0 Å². The molecule has 2 aromatic rings. The van der Waals surface area contributed by atoms with Crippen LogP contribution in [0.3, 0.4) is 0 Å². The van der Waals surface area contributed by atoms with Gasteiger partial charge in [0, 0.05) is 25.1 Å². The topological polar surface area (TPSA) is 85.4 Å². The van der Waals surface area contributed by atoms with Crippen LogP contribution in [0, 0.1) is 5.82 Å². The van der Waals surface area contributed by atoms with Gasteiger partial charge in [0.05, 0.1) is 0 Å². The molecule has 0 spiro atoms. The summed E-state index contributed by atoms with van der Waals surface area (Å²) in [6.07, 6.45) is 2.51. The van der Waals surface area contributed by atoms with E-state index in [1.807, 2.05) is 0 Å². The van der Waals surface area contributed by atoms with E-state index in [0.29, 0.717) is 11.3 Å². The Kier molecular flexibility index (Phi) is 5.50. The van der Waals surface area contributed by atoms with Gasteiger partial charge in [0.1, 0.15) is 16.8 Å². The first-order chi connectivity index (χ1) is 11.3. The summed E-state index contributed by atoms with van der Waals surface area (Å²) in [6.45, 7) is 1.47. The summed E-state index contributed by atoms with van der Waals surface area (Å²) in [4.78, 5) is 15.8. The van der Waals surface area contributed by atoms with Crippen LogP contribution in [0.1, 0.15) is 12.5 Å². The number of sulfone groups is 1. The molecule has 1 N–H and O–H groups in total. The Morgan fingerprint density at radius 2 is 1.96 bits per heavy atom. The summed E-state index contributed by atoms with van der Waals surface area (Å²) in [5.41, 5.74) is 0.691. The molecular formula is C16H17FN2O4S. The second-order valence-electron chi connectivity index (χ2n) is 5.25. The molecule has 0 aliphatic heterocycles. The van der Waals surface area contributed by atoms with Gasteiger partial charge in [-0.1, -0.05) is 0 Å². The molecule has 1 heterocycles. The molecule has 0 bridgehead atoms. The quantitative estimate of drug-likeness (QED) is 0.860. The van der Waals surface area contributed by atoms with Gasteiger partial charge in [0.15, 0.2) is 9.84 Å². The van der Waals surface area contributed by atoms with Gasteiger partial charge in [-0.15, -0.1) is 0 Å². The lowest BCUT2D eigenvalue weighted by Gasteiger charge is -2.11. The fraction of sp³-hybridized carbons (Fsp3) is 0.250. The summed E-state index contributed by atoms with van der Waals surface area (Å²) in [5.74, 6) is -0.234. The van der Waals surface area contributed by atoms with E-state index < -0.39 is 21.0 Å². The van der Waals surface area contributed by atoms with Gasteiger partial charge < -0.3 is 10.1 Å². The maximum absolute atomic E-state index is 12.9. The van der Waals surface area contributed by atoms with Crippen molar-refractivity contribution in [3.63, 3.8) is 0 Å². The normalized spacial score (nSPS) is 12.5. The van der Waals surface area contributed by atoms with E-state index in [1.165, 1.54) is 37.4 Å². The Labute approximate surface area is 139 Å². The fourth-order valence-corrected chi connectivity index (χ4v) is 2.24. The predicted octanol–water partition coefficient (Wildman–Crippen LogP) is 2.06. The van der Waals surface area contributed by atoms with Crippen molar-refractivity contribution in [2.24, 2.45) is 0 Å². The number of carbonyl (C=O) groups is 1. The Bertz CT molecular complexity index is 822. The maximum atomic E-state index is 12.9. The molecule has 24 heavy (non-hydrogen) atoms. The number of amides is 1. The van der Waals surface area contributed by atoms with Gasteiger partial charge in [-0.25, -0.2) is 17.8 Å². The van der Waals surface area contributed by atoms with Crippen LogP contribution in [0.4, 0.5) is 4.39 Å². The number of nitrogens with one attached hydrogen (secondary N) is 1. The second kappa shape index (κ2) is 7.39. The molecular weight excluding hydrogens is 335 g/mol. The molecule has 2 rings (SSSR count). The van der Waals surface area contributed by atoms with Crippen molar-refractivity contribution < 1.29 is 22.3 Å². The molecule has 0 radical (unpaired) electrons. The number of halogens is 1. The Morgan fingerprint density at radius 1 is 1.29 bits per heavy atom. The predicted molar refractivity (Wildman–Crippen MR) is 86.9 cm³/mol. The summed E-state index contributed by atoms with van der Waals surface area (Å²) >= 11 is 0. The lowest BCUT2D eigenvalue weighted by atomic mass is 10.2. The van der Waals surface area contributed by atoms with Crippen LogP contribution in [0.2, 0.25) is 0 Å². The maximum Gasteiger partial charge on any atom is 0.238 e. The lowest BCUT2D eigenvalue weighted by molar-refractivity contribution is -0.120. The van der Waals surface area contributed by atoms with E-state index in [2.05, 4.69) is 10.3 Å². The third-order valence-corrected chi connectivity index (χ3v) is 4.81. The number of ether oxygens (including phenoxy) is 1. The Morgan fingerprint density at radius 3 is 2.58 bits per heavy atom. The molecule has 6 nitrogen and oxygen atoms in total. The first-order valence-corrected chi connectivity index (χ1v) is 9.06. The molecule has 8 heteroatoms.